The molecule has 22 heavy (non-hydrogen) atoms. The SMILES string of the molecule is CCOC(=O)C(CC)c1ccc(C(C)(C)C)cc1.FC(F)F. The van der Waals surface area contributed by atoms with Gasteiger partial charge in [0, 0.05) is 0 Å². The Bertz CT molecular complexity index is 433. The second kappa shape index (κ2) is 9.49. The minimum atomic E-state index is -3.67. The van der Waals surface area contributed by atoms with Gasteiger partial charge in [-0.15, -0.1) is 0 Å². The molecule has 0 fully saturated rings. The number of esters is 1. The predicted molar refractivity (Wildman–Crippen MR) is 81.9 cm³/mol. The van der Waals surface area contributed by atoms with Gasteiger partial charge in [0.1, 0.15) is 0 Å². The van der Waals surface area contributed by atoms with E-state index in [0.29, 0.717) is 6.61 Å². The first kappa shape index (κ1) is 20.5. The van der Waals surface area contributed by atoms with Crippen molar-refractivity contribution in [1.29, 1.82) is 0 Å². The highest BCUT2D eigenvalue weighted by atomic mass is 19.4. The lowest BCUT2D eigenvalue weighted by Gasteiger charge is -2.20. The summed E-state index contributed by atoms with van der Waals surface area (Å²) in [5.41, 5.74) is 2.47. The van der Waals surface area contributed by atoms with Gasteiger partial charge < -0.3 is 4.74 Å². The summed E-state index contributed by atoms with van der Waals surface area (Å²) >= 11 is 0. The highest BCUT2D eigenvalue weighted by molar-refractivity contribution is 5.78. The third-order valence-corrected chi connectivity index (χ3v) is 3.16. The summed E-state index contributed by atoms with van der Waals surface area (Å²) in [6.45, 7) is 7.18. The molecule has 1 atom stereocenters. The molecule has 1 rings (SSSR count). The van der Waals surface area contributed by atoms with Crippen molar-refractivity contribution in [2.75, 3.05) is 6.61 Å². The Balaban J connectivity index is 0.000000980. The van der Waals surface area contributed by atoms with Gasteiger partial charge in [0.2, 0.25) is 0 Å². The maximum Gasteiger partial charge on any atom is 0.379 e. The molecule has 0 N–H and O–H groups in total. The maximum absolute atomic E-state index is 11.8. The average molecular weight is 318 g/mol. The Hall–Kier alpha value is -1.52. The molecule has 1 unspecified atom stereocenters. The Labute approximate surface area is 130 Å². The van der Waals surface area contributed by atoms with E-state index in [0.717, 1.165) is 12.0 Å². The highest BCUT2D eigenvalue weighted by Gasteiger charge is 2.21. The number of hydrogen-bond donors (Lipinski definition) is 0. The van der Waals surface area contributed by atoms with E-state index in [9.17, 15) is 18.0 Å². The average Bonchev–Trinajstić information content (AvgIpc) is 2.39. The molecule has 0 aromatic heterocycles. The number of carbonyl (C=O) groups is 1. The van der Waals surface area contributed by atoms with Crippen molar-refractivity contribution in [3.05, 3.63) is 35.4 Å². The van der Waals surface area contributed by atoms with Crippen LogP contribution in [0.25, 0.3) is 0 Å². The molecule has 0 radical (unpaired) electrons. The molecule has 2 nitrogen and oxygen atoms in total. The van der Waals surface area contributed by atoms with Gasteiger partial charge >= 0.3 is 12.6 Å². The van der Waals surface area contributed by atoms with Crippen LogP contribution in [0.15, 0.2) is 24.3 Å². The minimum absolute atomic E-state index is 0.122. The number of benzene rings is 1. The van der Waals surface area contributed by atoms with Crippen molar-refractivity contribution >= 4 is 5.97 Å². The van der Waals surface area contributed by atoms with E-state index in [1.54, 1.807) is 0 Å². The first-order valence-electron chi connectivity index (χ1n) is 7.32. The molecular formula is C17H25F3O2. The molecule has 0 aliphatic carbocycles. The van der Waals surface area contributed by atoms with Gasteiger partial charge in [0.05, 0.1) is 12.5 Å². The molecule has 0 spiro atoms. The molecule has 126 valence electrons. The number of alkyl halides is 3. The fourth-order valence-corrected chi connectivity index (χ4v) is 2.00. The number of hydrogen-bond acceptors (Lipinski definition) is 2. The van der Waals surface area contributed by atoms with E-state index >= 15 is 0 Å². The van der Waals surface area contributed by atoms with Crippen LogP contribution in [0.5, 0.6) is 0 Å². The van der Waals surface area contributed by atoms with Crippen LogP contribution < -0.4 is 0 Å². The van der Waals surface area contributed by atoms with Gasteiger partial charge in [0.25, 0.3) is 0 Å². The normalized spacial score (nSPS) is 12.4. The van der Waals surface area contributed by atoms with Crippen molar-refractivity contribution in [2.24, 2.45) is 0 Å². The maximum atomic E-state index is 11.8. The van der Waals surface area contributed by atoms with Gasteiger partial charge in [-0.05, 0) is 29.9 Å². The lowest BCUT2D eigenvalue weighted by molar-refractivity contribution is -0.145. The molecular weight excluding hydrogens is 293 g/mol. The van der Waals surface area contributed by atoms with Crippen LogP contribution in [0.1, 0.15) is 58.1 Å². The molecule has 0 aliphatic heterocycles. The Morgan fingerprint density at radius 1 is 1.09 bits per heavy atom. The minimum Gasteiger partial charge on any atom is -0.466 e. The summed E-state index contributed by atoms with van der Waals surface area (Å²) in [6, 6.07) is 8.31. The fourth-order valence-electron chi connectivity index (χ4n) is 2.00. The first-order chi connectivity index (χ1) is 10.1. The number of halogens is 3. The molecule has 1 aromatic rings. The van der Waals surface area contributed by atoms with Crippen molar-refractivity contribution in [3.8, 4) is 0 Å². The summed E-state index contributed by atoms with van der Waals surface area (Å²) < 4.78 is 34.1. The second-order valence-electron chi connectivity index (χ2n) is 5.83. The summed E-state index contributed by atoms with van der Waals surface area (Å²) in [7, 11) is 0. The largest absolute Gasteiger partial charge is 0.466 e. The lowest BCUT2D eigenvalue weighted by Crippen LogP contribution is -2.16. The second-order valence-corrected chi connectivity index (χ2v) is 5.83. The molecule has 0 aliphatic rings. The van der Waals surface area contributed by atoms with E-state index in [4.69, 9.17) is 4.74 Å². The van der Waals surface area contributed by atoms with Crippen LogP contribution in [-0.2, 0) is 14.9 Å². The van der Waals surface area contributed by atoms with Gasteiger partial charge in [-0.2, -0.15) is 13.2 Å². The number of ether oxygens (including phenoxy) is 1. The van der Waals surface area contributed by atoms with Crippen molar-refractivity contribution in [3.63, 3.8) is 0 Å². The summed E-state index contributed by atoms with van der Waals surface area (Å²) in [4.78, 5) is 11.8. The summed E-state index contributed by atoms with van der Waals surface area (Å²) in [5.74, 6) is -0.262. The van der Waals surface area contributed by atoms with E-state index < -0.39 is 6.68 Å². The molecule has 5 heteroatoms. The fraction of sp³-hybridized carbons (Fsp3) is 0.588. The van der Waals surface area contributed by atoms with E-state index in [1.165, 1.54) is 5.56 Å². The number of rotatable bonds is 4. The Kier molecular flexibility index (Phi) is 8.83. The molecule has 0 saturated heterocycles. The summed E-state index contributed by atoms with van der Waals surface area (Å²) in [5, 5.41) is 0. The van der Waals surface area contributed by atoms with Gasteiger partial charge in [-0.3, -0.25) is 4.79 Å². The van der Waals surface area contributed by atoms with Crippen molar-refractivity contribution < 1.29 is 22.7 Å². The van der Waals surface area contributed by atoms with Crippen LogP contribution in [0.2, 0.25) is 0 Å². The standard InChI is InChI=1S/C16H24O2.CHF3/c1-6-14(15(17)18-7-2)12-8-10-13(11-9-12)16(3,4)5;2-1(3)4/h8-11,14H,6-7H2,1-5H3;1H. The quantitative estimate of drug-likeness (QED) is 0.712. The van der Waals surface area contributed by atoms with E-state index in [2.05, 4.69) is 32.9 Å². The van der Waals surface area contributed by atoms with E-state index in [1.807, 2.05) is 26.0 Å². The zero-order valence-corrected chi connectivity index (χ0v) is 13.8. The Morgan fingerprint density at radius 3 is 1.86 bits per heavy atom. The molecule has 0 amide bonds. The van der Waals surface area contributed by atoms with Crippen LogP contribution in [0.4, 0.5) is 13.2 Å². The zero-order valence-electron chi connectivity index (χ0n) is 13.8. The van der Waals surface area contributed by atoms with E-state index in [-0.39, 0.29) is 17.3 Å². The molecule has 1 aromatic carbocycles. The summed E-state index contributed by atoms with van der Waals surface area (Å²) in [6.07, 6.45) is 0.772. The van der Waals surface area contributed by atoms with Gasteiger partial charge in [0.15, 0.2) is 0 Å². The highest BCUT2D eigenvalue weighted by Crippen LogP contribution is 2.26. The van der Waals surface area contributed by atoms with Crippen LogP contribution in [-0.4, -0.2) is 19.3 Å². The van der Waals surface area contributed by atoms with Gasteiger partial charge in [-0.25, -0.2) is 0 Å². The third-order valence-electron chi connectivity index (χ3n) is 3.16. The zero-order chi connectivity index (χ0) is 17.3. The number of carbonyl (C=O) groups excluding carboxylic acids is 1. The van der Waals surface area contributed by atoms with Crippen molar-refractivity contribution in [1.82, 2.24) is 0 Å². The van der Waals surface area contributed by atoms with Crippen LogP contribution >= 0.6 is 0 Å². The van der Waals surface area contributed by atoms with Crippen LogP contribution in [0, 0.1) is 0 Å². The molecule has 0 heterocycles. The smallest absolute Gasteiger partial charge is 0.379 e. The predicted octanol–water partition coefficient (Wildman–Crippen LogP) is 5.22. The lowest BCUT2D eigenvalue weighted by atomic mass is 9.85. The van der Waals surface area contributed by atoms with Crippen molar-refractivity contribution in [2.45, 2.75) is 59.1 Å². The monoisotopic (exact) mass is 318 g/mol. The molecule has 0 saturated carbocycles. The molecule has 0 bridgehead atoms. The topological polar surface area (TPSA) is 26.3 Å². The van der Waals surface area contributed by atoms with Gasteiger partial charge in [-0.1, -0.05) is 52.0 Å². The first-order valence-corrected chi connectivity index (χ1v) is 7.32. The van der Waals surface area contributed by atoms with Crippen LogP contribution in [0.3, 0.4) is 0 Å². The Morgan fingerprint density at radius 2 is 1.55 bits per heavy atom. The third kappa shape index (κ3) is 7.48.